The van der Waals surface area contributed by atoms with Gasteiger partial charge in [-0.2, -0.15) is 0 Å². The van der Waals surface area contributed by atoms with Crippen molar-refractivity contribution in [1.82, 2.24) is 21.3 Å². The quantitative estimate of drug-likeness (QED) is 0.305. The standard InChI is InChI=1S/C14H27N5O2/c1-14(2,3)19-11(20)9-18-13(15-4)17-8-7-16-12(21)10-5-6-10/h10H,5-9H2,1-4H3,(H,16,21)(H,19,20)(H2,15,17,18). The van der Waals surface area contributed by atoms with Gasteiger partial charge in [0.15, 0.2) is 5.96 Å². The number of nitrogens with one attached hydrogen (secondary N) is 4. The first-order valence-electron chi connectivity index (χ1n) is 7.35. The van der Waals surface area contributed by atoms with Crippen LogP contribution in [-0.2, 0) is 9.59 Å². The molecule has 4 N–H and O–H groups in total. The second kappa shape index (κ2) is 7.85. The zero-order valence-electron chi connectivity index (χ0n) is 13.4. The van der Waals surface area contributed by atoms with E-state index >= 15 is 0 Å². The molecule has 7 nitrogen and oxygen atoms in total. The fourth-order valence-corrected chi connectivity index (χ4v) is 1.70. The van der Waals surface area contributed by atoms with Crippen LogP contribution in [0, 0.1) is 5.92 Å². The van der Waals surface area contributed by atoms with Gasteiger partial charge in [-0.25, -0.2) is 0 Å². The van der Waals surface area contributed by atoms with E-state index in [4.69, 9.17) is 0 Å². The van der Waals surface area contributed by atoms with E-state index in [1.807, 2.05) is 20.8 Å². The third kappa shape index (κ3) is 8.16. The van der Waals surface area contributed by atoms with Gasteiger partial charge in [-0.1, -0.05) is 0 Å². The topological polar surface area (TPSA) is 94.6 Å². The van der Waals surface area contributed by atoms with E-state index < -0.39 is 0 Å². The van der Waals surface area contributed by atoms with Crippen LogP contribution in [-0.4, -0.2) is 50.0 Å². The van der Waals surface area contributed by atoms with E-state index in [0.29, 0.717) is 19.0 Å². The third-order valence-corrected chi connectivity index (χ3v) is 2.82. The molecule has 1 saturated carbocycles. The number of carbonyl (C=O) groups is 2. The lowest BCUT2D eigenvalue weighted by atomic mass is 10.1. The van der Waals surface area contributed by atoms with Crippen LogP contribution in [0.3, 0.4) is 0 Å². The Labute approximate surface area is 126 Å². The Balaban J connectivity index is 2.13. The van der Waals surface area contributed by atoms with Crippen molar-refractivity contribution >= 4 is 17.8 Å². The number of hydrogen-bond acceptors (Lipinski definition) is 3. The highest BCUT2D eigenvalue weighted by molar-refractivity contribution is 5.86. The number of amides is 2. The molecule has 0 radical (unpaired) electrons. The lowest BCUT2D eigenvalue weighted by molar-refractivity contribution is -0.122. The first-order valence-corrected chi connectivity index (χ1v) is 7.35. The molecule has 120 valence electrons. The highest BCUT2D eigenvalue weighted by atomic mass is 16.2. The molecule has 0 heterocycles. The summed E-state index contributed by atoms with van der Waals surface area (Å²) in [5.41, 5.74) is -0.247. The molecular weight excluding hydrogens is 270 g/mol. The summed E-state index contributed by atoms with van der Waals surface area (Å²) in [5.74, 6) is 0.806. The maximum atomic E-state index is 11.7. The van der Waals surface area contributed by atoms with E-state index in [1.165, 1.54) is 0 Å². The van der Waals surface area contributed by atoms with Gasteiger partial charge in [-0.05, 0) is 33.6 Å². The molecular formula is C14H27N5O2. The number of nitrogens with zero attached hydrogens (tertiary/aromatic N) is 1. The summed E-state index contributed by atoms with van der Waals surface area (Å²) in [6, 6.07) is 0. The maximum absolute atomic E-state index is 11.7. The van der Waals surface area contributed by atoms with Gasteiger partial charge in [0, 0.05) is 31.6 Å². The van der Waals surface area contributed by atoms with Crippen LogP contribution >= 0.6 is 0 Å². The van der Waals surface area contributed by atoms with Crippen molar-refractivity contribution in [3.63, 3.8) is 0 Å². The molecule has 0 bridgehead atoms. The monoisotopic (exact) mass is 297 g/mol. The molecule has 1 aliphatic rings. The summed E-state index contributed by atoms with van der Waals surface area (Å²) in [7, 11) is 1.64. The molecule has 7 heteroatoms. The average Bonchev–Trinajstić information content (AvgIpc) is 3.19. The fraction of sp³-hybridized carbons (Fsp3) is 0.786. The molecule has 0 unspecified atom stereocenters. The minimum atomic E-state index is -0.247. The average molecular weight is 297 g/mol. The second-order valence-electron chi connectivity index (χ2n) is 6.22. The summed E-state index contributed by atoms with van der Waals surface area (Å²) < 4.78 is 0. The highest BCUT2D eigenvalue weighted by Crippen LogP contribution is 2.28. The van der Waals surface area contributed by atoms with E-state index in [1.54, 1.807) is 7.05 Å². The minimum absolute atomic E-state index is 0.0903. The lowest BCUT2D eigenvalue weighted by Crippen LogP contribution is -2.49. The molecule has 1 fully saturated rings. The molecule has 0 atom stereocenters. The van der Waals surface area contributed by atoms with Crippen LogP contribution < -0.4 is 21.3 Å². The fourth-order valence-electron chi connectivity index (χ4n) is 1.70. The summed E-state index contributed by atoms with van der Waals surface area (Å²) in [4.78, 5) is 27.1. The van der Waals surface area contributed by atoms with Gasteiger partial charge in [0.2, 0.25) is 11.8 Å². The first kappa shape index (κ1) is 17.3. The summed E-state index contributed by atoms with van der Waals surface area (Å²) in [5, 5.41) is 11.7. The molecule has 2 amide bonds. The van der Waals surface area contributed by atoms with Gasteiger partial charge in [0.25, 0.3) is 0 Å². The number of hydrogen-bond donors (Lipinski definition) is 4. The van der Waals surface area contributed by atoms with Crippen LogP contribution in [0.15, 0.2) is 4.99 Å². The van der Waals surface area contributed by atoms with E-state index in [2.05, 4.69) is 26.3 Å². The smallest absolute Gasteiger partial charge is 0.239 e. The van der Waals surface area contributed by atoms with E-state index in [-0.39, 0.29) is 29.8 Å². The number of guanidine groups is 1. The Morgan fingerprint density at radius 3 is 2.24 bits per heavy atom. The van der Waals surface area contributed by atoms with E-state index in [0.717, 1.165) is 12.8 Å². The van der Waals surface area contributed by atoms with Gasteiger partial charge in [0.05, 0.1) is 6.54 Å². The predicted molar refractivity (Wildman–Crippen MR) is 83.0 cm³/mol. The van der Waals surface area contributed by atoms with Gasteiger partial charge < -0.3 is 21.3 Å². The number of carbonyl (C=O) groups excluding carboxylic acids is 2. The van der Waals surface area contributed by atoms with Crippen molar-refractivity contribution in [3.05, 3.63) is 0 Å². The maximum Gasteiger partial charge on any atom is 0.239 e. The van der Waals surface area contributed by atoms with Crippen LogP contribution in [0.2, 0.25) is 0 Å². The molecule has 0 saturated heterocycles. The van der Waals surface area contributed by atoms with Crippen LogP contribution in [0.5, 0.6) is 0 Å². The lowest BCUT2D eigenvalue weighted by Gasteiger charge is -2.21. The van der Waals surface area contributed by atoms with Gasteiger partial charge in [-0.3, -0.25) is 14.6 Å². The first-order chi connectivity index (χ1) is 9.81. The zero-order chi connectivity index (χ0) is 15.9. The Kier molecular flexibility index (Phi) is 6.45. The summed E-state index contributed by atoms with van der Waals surface area (Å²) in [6.45, 7) is 7.07. The normalized spacial score (nSPS) is 15.3. The minimum Gasteiger partial charge on any atom is -0.355 e. The Morgan fingerprint density at radius 2 is 1.71 bits per heavy atom. The van der Waals surface area contributed by atoms with Crippen molar-refractivity contribution in [2.24, 2.45) is 10.9 Å². The molecule has 1 aliphatic carbocycles. The van der Waals surface area contributed by atoms with Gasteiger partial charge in [-0.15, -0.1) is 0 Å². The zero-order valence-corrected chi connectivity index (χ0v) is 13.4. The molecule has 0 aromatic heterocycles. The van der Waals surface area contributed by atoms with Crippen molar-refractivity contribution in [2.75, 3.05) is 26.7 Å². The second-order valence-corrected chi connectivity index (χ2v) is 6.22. The summed E-state index contributed by atoms with van der Waals surface area (Å²) in [6.07, 6.45) is 2.01. The third-order valence-electron chi connectivity index (χ3n) is 2.82. The van der Waals surface area contributed by atoms with Gasteiger partial charge in [0.1, 0.15) is 0 Å². The SMILES string of the molecule is CN=C(NCCNC(=O)C1CC1)NCC(=O)NC(C)(C)C. The van der Waals surface area contributed by atoms with Crippen LogP contribution in [0.25, 0.3) is 0 Å². The summed E-state index contributed by atoms with van der Waals surface area (Å²) >= 11 is 0. The van der Waals surface area contributed by atoms with Gasteiger partial charge >= 0.3 is 0 Å². The number of aliphatic imine (C=N–C) groups is 1. The Hall–Kier alpha value is -1.79. The molecule has 0 aromatic carbocycles. The van der Waals surface area contributed by atoms with Crippen LogP contribution in [0.1, 0.15) is 33.6 Å². The molecule has 0 aliphatic heterocycles. The van der Waals surface area contributed by atoms with Crippen molar-refractivity contribution in [1.29, 1.82) is 0 Å². The van der Waals surface area contributed by atoms with E-state index in [9.17, 15) is 9.59 Å². The highest BCUT2D eigenvalue weighted by Gasteiger charge is 2.28. The molecule has 21 heavy (non-hydrogen) atoms. The van der Waals surface area contributed by atoms with Crippen molar-refractivity contribution in [2.45, 2.75) is 39.2 Å². The molecule has 0 aromatic rings. The molecule has 1 rings (SSSR count). The predicted octanol–water partition coefficient (Wildman–Crippen LogP) is -0.408. The molecule has 0 spiro atoms. The number of rotatable bonds is 6. The largest absolute Gasteiger partial charge is 0.355 e. The van der Waals surface area contributed by atoms with Crippen LogP contribution in [0.4, 0.5) is 0 Å². The van der Waals surface area contributed by atoms with Crippen molar-refractivity contribution in [3.8, 4) is 0 Å². The van der Waals surface area contributed by atoms with Crippen molar-refractivity contribution < 1.29 is 9.59 Å². The Bertz CT molecular complexity index is 397. The Morgan fingerprint density at radius 1 is 1.10 bits per heavy atom.